The summed E-state index contributed by atoms with van der Waals surface area (Å²) >= 11 is 0. The number of carbonyl (C=O) groups excluding carboxylic acids is 1. The lowest BCUT2D eigenvalue weighted by Gasteiger charge is -2.39. The molecular formula is C27H30FN3O4. The molecule has 2 aromatic carbocycles. The number of rotatable bonds is 3. The zero-order chi connectivity index (χ0) is 24.2. The molecule has 184 valence electrons. The van der Waals surface area contributed by atoms with E-state index in [1.807, 2.05) is 23.1 Å². The Balaban J connectivity index is 1.27. The summed E-state index contributed by atoms with van der Waals surface area (Å²) < 4.78 is 33.1. The smallest absolute Gasteiger partial charge is 0.231 e. The van der Waals surface area contributed by atoms with Crippen molar-refractivity contribution in [1.29, 1.82) is 0 Å². The van der Waals surface area contributed by atoms with Crippen molar-refractivity contribution in [3.63, 3.8) is 0 Å². The molecule has 3 aliphatic rings. The van der Waals surface area contributed by atoms with E-state index in [4.69, 9.17) is 19.2 Å². The average Bonchev–Trinajstić information content (AvgIpc) is 3.46. The monoisotopic (exact) mass is 479 g/mol. The molecule has 0 bridgehead atoms. The molecule has 0 aliphatic carbocycles. The van der Waals surface area contributed by atoms with Crippen molar-refractivity contribution in [2.45, 2.75) is 51.2 Å². The van der Waals surface area contributed by atoms with Crippen molar-refractivity contribution in [1.82, 2.24) is 14.5 Å². The first-order valence-electron chi connectivity index (χ1n) is 12.4. The molecule has 1 atom stereocenters. The van der Waals surface area contributed by atoms with Gasteiger partial charge in [-0.1, -0.05) is 0 Å². The lowest BCUT2D eigenvalue weighted by atomic mass is 9.87. The number of hydrogen-bond acceptors (Lipinski definition) is 5. The Morgan fingerprint density at radius 1 is 1.06 bits per heavy atom. The first-order valence-corrected chi connectivity index (χ1v) is 12.4. The summed E-state index contributed by atoms with van der Waals surface area (Å²) in [6, 6.07) is 10.7. The normalized spacial score (nSPS) is 22.0. The van der Waals surface area contributed by atoms with Crippen LogP contribution in [0.3, 0.4) is 0 Å². The topological polar surface area (TPSA) is 65.8 Å². The van der Waals surface area contributed by atoms with Crippen molar-refractivity contribution in [2.24, 2.45) is 5.92 Å². The van der Waals surface area contributed by atoms with Crippen molar-refractivity contribution < 1.29 is 23.4 Å². The highest BCUT2D eigenvalue weighted by molar-refractivity contribution is 5.82. The van der Waals surface area contributed by atoms with Crippen LogP contribution >= 0.6 is 0 Å². The summed E-state index contributed by atoms with van der Waals surface area (Å²) in [6.07, 6.45) is 3.18. The lowest BCUT2D eigenvalue weighted by molar-refractivity contribution is -0.146. The van der Waals surface area contributed by atoms with Crippen LogP contribution in [0.4, 0.5) is 4.39 Å². The first kappa shape index (κ1) is 22.3. The Morgan fingerprint density at radius 3 is 2.66 bits per heavy atom. The second kappa shape index (κ2) is 8.52. The van der Waals surface area contributed by atoms with Gasteiger partial charge in [-0.15, -0.1) is 0 Å². The predicted molar refractivity (Wildman–Crippen MR) is 129 cm³/mol. The molecule has 2 fully saturated rings. The number of carbonyl (C=O) groups is 1. The highest BCUT2D eigenvalue weighted by Crippen LogP contribution is 2.39. The molecule has 0 N–H and O–H groups in total. The van der Waals surface area contributed by atoms with Gasteiger partial charge in [-0.2, -0.15) is 0 Å². The Hall–Kier alpha value is -3.13. The number of piperidine rings is 1. The fourth-order valence-corrected chi connectivity index (χ4v) is 5.73. The number of hydrogen-bond donors (Lipinski definition) is 0. The van der Waals surface area contributed by atoms with E-state index in [1.165, 1.54) is 12.1 Å². The van der Waals surface area contributed by atoms with E-state index in [0.29, 0.717) is 36.7 Å². The fourth-order valence-electron chi connectivity index (χ4n) is 5.73. The van der Waals surface area contributed by atoms with Gasteiger partial charge in [0.1, 0.15) is 11.6 Å². The largest absolute Gasteiger partial charge is 0.454 e. The summed E-state index contributed by atoms with van der Waals surface area (Å²) in [7, 11) is 0. The summed E-state index contributed by atoms with van der Waals surface area (Å²) in [5.74, 6) is 2.14. The quantitative estimate of drug-likeness (QED) is 0.532. The SMILES string of the molecule is CC1(C)CC(C(=O)N2CCC(n3c(-c4ccc5c(c4)OCO5)nc4cc(F)ccc43)CC2)CCO1. The third-order valence-electron chi connectivity index (χ3n) is 7.47. The van der Waals surface area contributed by atoms with Gasteiger partial charge in [-0.25, -0.2) is 9.37 Å². The average molecular weight is 480 g/mol. The minimum Gasteiger partial charge on any atom is -0.454 e. The van der Waals surface area contributed by atoms with Crippen molar-refractivity contribution >= 4 is 16.9 Å². The number of benzene rings is 2. The highest BCUT2D eigenvalue weighted by atomic mass is 19.1. The van der Waals surface area contributed by atoms with Crippen LogP contribution in [0.5, 0.6) is 11.5 Å². The molecule has 7 nitrogen and oxygen atoms in total. The van der Waals surface area contributed by atoms with Gasteiger partial charge >= 0.3 is 0 Å². The van der Waals surface area contributed by atoms with Crippen molar-refractivity contribution in [3.05, 3.63) is 42.2 Å². The first-order chi connectivity index (χ1) is 16.9. The van der Waals surface area contributed by atoms with Gasteiger partial charge < -0.3 is 23.7 Å². The van der Waals surface area contributed by atoms with Crippen LogP contribution in [0.25, 0.3) is 22.4 Å². The van der Waals surface area contributed by atoms with Crippen LogP contribution in [0, 0.1) is 11.7 Å². The molecule has 0 spiro atoms. The van der Waals surface area contributed by atoms with Crippen molar-refractivity contribution in [2.75, 3.05) is 26.5 Å². The number of aromatic nitrogens is 2. The number of imidazole rings is 1. The molecule has 3 aromatic rings. The van der Waals surface area contributed by atoms with Gasteiger partial charge in [0.05, 0.1) is 16.6 Å². The Bertz CT molecular complexity index is 1280. The summed E-state index contributed by atoms with van der Waals surface area (Å²) in [5, 5.41) is 0. The zero-order valence-corrected chi connectivity index (χ0v) is 20.1. The predicted octanol–water partition coefficient (Wildman–Crippen LogP) is 4.94. The van der Waals surface area contributed by atoms with Crippen LogP contribution in [0.15, 0.2) is 36.4 Å². The molecule has 2 saturated heterocycles. The van der Waals surface area contributed by atoms with Gasteiger partial charge in [-0.3, -0.25) is 4.79 Å². The van der Waals surface area contributed by atoms with Crippen LogP contribution in [-0.2, 0) is 9.53 Å². The third kappa shape index (κ3) is 4.14. The van der Waals surface area contributed by atoms with Gasteiger partial charge in [0.2, 0.25) is 12.7 Å². The van der Waals surface area contributed by atoms with Crippen LogP contribution in [-0.4, -0.2) is 52.4 Å². The van der Waals surface area contributed by atoms with E-state index in [1.54, 1.807) is 6.07 Å². The maximum atomic E-state index is 14.0. The summed E-state index contributed by atoms with van der Waals surface area (Å²) in [5.41, 5.74) is 2.17. The number of halogens is 1. The molecule has 0 saturated carbocycles. The standard InChI is InChI=1S/C27H30FN3O4/c1-27(2)15-18(9-12-35-27)26(32)30-10-7-20(8-11-30)31-22-5-4-19(28)14-21(22)29-25(31)17-3-6-23-24(13-17)34-16-33-23/h3-6,13-14,18,20H,7-12,15-16H2,1-2H3. The maximum Gasteiger partial charge on any atom is 0.231 e. The Morgan fingerprint density at radius 2 is 1.86 bits per heavy atom. The molecule has 35 heavy (non-hydrogen) atoms. The van der Waals surface area contributed by atoms with Crippen molar-refractivity contribution in [3.8, 4) is 22.9 Å². The molecule has 0 radical (unpaired) electrons. The number of likely N-dealkylation sites (tertiary alicyclic amines) is 1. The number of fused-ring (bicyclic) bond motifs is 2. The van der Waals surface area contributed by atoms with E-state index in [2.05, 4.69) is 18.4 Å². The van der Waals surface area contributed by atoms with Crippen LogP contribution in [0.1, 0.15) is 45.6 Å². The zero-order valence-electron chi connectivity index (χ0n) is 20.1. The van der Waals surface area contributed by atoms with Gasteiger partial charge in [-0.05, 0) is 69.9 Å². The number of nitrogens with zero attached hydrogens (tertiary/aromatic N) is 3. The molecule has 8 heteroatoms. The maximum absolute atomic E-state index is 14.0. The number of ether oxygens (including phenoxy) is 3. The van der Waals surface area contributed by atoms with E-state index in [9.17, 15) is 9.18 Å². The minimum absolute atomic E-state index is 0.0246. The fraction of sp³-hybridized carbons (Fsp3) is 0.481. The molecule has 1 aromatic heterocycles. The van der Waals surface area contributed by atoms with Crippen LogP contribution in [0.2, 0.25) is 0 Å². The lowest BCUT2D eigenvalue weighted by Crippen LogP contribution is -2.46. The van der Waals surface area contributed by atoms with E-state index in [0.717, 1.165) is 42.6 Å². The molecule has 1 amide bonds. The molecule has 4 heterocycles. The molecule has 3 aliphatic heterocycles. The molecule has 1 unspecified atom stereocenters. The van der Waals surface area contributed by atoms with Gasteiger partial charge in [0, 0.05) is 43.3 Å². The number of amides is 1. The van der Waals surface area contributed by atoms with E-state index >= 15 is 0 Å². The van der Waals surface area contributed by atoms with Crippen LogP contribution < -0.4 is 9.47 Å². The summed E-state index contributed by atoms with van der Waals surface area (Å²) in [4.78, 5) is 20.1. The van der Waals surface area contributed by atoms with E-state index < -0.39 is 0 Å². The van der Waals surface area contributed by atoms with Gasteiger partial charge in [0.25, 0.3) is 0 Å². The third-order valence-corrected chi connectivity index (χ3v) is 7.47. The Kier molecular flexibility index (Phi) is 5.44. The highest BCUT2D eigenvalue weighted by Gasteiger charge is 2.36. The summed E-state index contributed by atoms with van der Waals surface area (Å²) in [6.45, 7) is 6.35. The van der Waals surface area contributed by atoms with Gasteiger partial charge in [0.15, 0.2) is 11.5 Å². The minimum atomic E-state index is -0.306. The molecule has 6 rings (SSSR count). The molecular weight excluding hydrogens is 449 g/mol. The van der Waals surface area contributed by atoms with E-state index in [-0.39, 0.29) is 36.1 Å². The second-order valence-corrected chi connectivity index (χ2v) is 10.4. The second-order valence-electron chi connectivity index (χ2n) is 10.4. The Labute approximate surface area is 203 Å².